The van der Waals surface area contributed by atoms with Gasteiger partial charge < -0.3 is 4.90 Å². The first-order valence-corrected chi connectivity index (χ1v) is 6.46. The van der Waals surface area contributed by atoms with E-state index in [1.807, 2.05) is 30.3 Å². The van der Waals surface area contributed by atoms with Crippen LogP contribution >= 0.6 is 0 Å². The quantitative estimate of drug-likeness (QED) is 0.745. The monoisotopic (exact) mass is 231 g/mol. The van der Waals surface area contributed by atoms with Crippen LogP contribution in [0.2, 0.25) is 0 Å². The van der Waals surface area contributed by atoms with Crippen LogP contribution < -0.4 is 0 Å². The predicted molar refractivity (Wildman–Crippen MR) is 70.2 cm³/mol. The highest BCUT2D eigenvalue weighted by Crippen LogP contribution is 2.29. The predicted octanol–water partition coefficient (Wildman–Crippen LogP) is 2.99. The molecule has 92 valence electrons. The summed E-state index contributed by atoms with van der Waals surface area (Å²) in [5, 5.41) is 0. The SMILES string of the molecule is CN(C)[C@@H]1CCCC[C@H]1C(=O)c1ccccc1. The van der Waals surface area contributed by atoms with Gasteiger partial charge in [-0.3, -0.25) is 4.79 Å². The first-order chi connectivity index (χ1) is 8.20. The number of carbonyl (C=O) groups excluding carboxylic acids is 1. The van der Waals surface area contributed by atoms with E-state index in [0.717, 1.165) is 18.4 Å². The van der Waals surface area contributed by atoms with Gasteiger partial charge in [0.15, 0.2) is 5.78 Å². The lowest BCUT2D eigenvalue weighted by atomic mass is 9.79. The maximum Gasteiger partial charge on any atom is 0.167 e. The third-order valence-corrected chi connectivity index (χ3v) is 3.79. The second-order valence-corrected chi connectivity index (χ2v) is 5.15. The Morgan fingerprint density at radius 2 is 1.76 bits per heavy atom. The molecule has 1 aromatic carbocycles. The second-order valence-electron chi connectivity index (χ2n) is 5.15. The van der Waals surface area contributed by atoms with Crippen LogP contribution in [-0.2, 0) is 0 Å². The molecular formula is C15H21NO. The number of Topliss-reactive ketones (excluding diaryl/α,β-unsaturated/α-hetero) is 1. The van der Waals surface area contributed by atoms with Gasteiger partial charge in [-0.25, -0.2) is 0 Å². The second kappa shape index (κ2) is 5.46. The molecule has 17 heavy (non-hydrogen) atoms. The Bertz CT molecular complexity index is 372. The topological polar surface area (TPSA) is 20.3 Å². The van der Waals surface area contributed by atoms with Crippen molar-refractivity contribution in [1.29, 1.82) is 0 Å². The first-order valence-electron chi connectivity index (χ1n) is 6.46. The lowest BCUT2D eigenvalue weighted by molar-refractivity contribution is 0.0764. The van der Waals surface area contributed by atoms with Crippen LogP contribution in [0.1, 0.15) is 36.0 Å². The van der Waals surface area contributed by atoms with Crippen LogP contribution in [0.4, 0.5) is 0 Å². The molecule has 0 bridgehead atoms. The third-order valence-electron chi connectivity index (χ3n) is 3.79. The van der Waals surface area contributed by atoms with Crippen molar-refractivity contribution in [1.82, 2.24) is 4.90 Å². The Morgan fingerprint density at radius 1 is 1.12 bits per heavy atom. The molecule has 2 nitrogen and oxygen atoms in total. The Labute approximate surface area is 104 Å². The van der Waals surface area contributed by atoms with Crippen LogP contribution in [0, 0.1) is 5.92 Å². The number of ketones is 1. The summed E-state index contributed by atoms with van der Waals surface area (Å²) in [6.45, 7) is 0. The van der Waals surface area contributed by atoms with Crippen molar-refractivity contribution in [2.45, 2.75) is 31.7 Å². The van der Waals surface area contributed by atoms with Gasteiger partial charge in [-0.05, 0) is 26.9 Å². The Balaban J connectivity index is 2.17. The molecule has 0 aromatic heterocycles. The average molecular weight is 231 g/mol. The maximum absolute atomic E-state index is 12.5. The molecule has 0 N–H and O–H groups in total. The Hall–Kier alpha value is -1.15. The molecule has 2 atom stereocenters. The van der Waals surface area contributed by atoms with Gasteiger partial charge in [0, 0.05) is 17.5 Å². The summed E-state index contributed by atoms with van der Waals surface area (Å²) in [6, 6.07) is 10.1. The summed E-state index contributed by atoms with van der Waals surface area (Å²) in [5.74, 6) is 0.505. The molecule has 0 saturated heterocycles. The van der Waals surface area contributed by atoms with E-state index in [2.05, 4.69) is 19.0 Å². The van der Waals surface area contributed by atoms with E-state index in [0.29, 0.717) is 11.8 Å². The summed E-state index contributed by atoms with van der Waals surface area (Å²) < 4.78 is 0. The number of nitrogens with zero attached hydrogens (tertiary/aromatic N) is 1. The number of rotatable bonds is 3. The number of carbonyl (C=O) groups is 1. The van der Waals surface area contributed by atoms with E-state index in [4.69, 9.17) is 0 Å². The van der Waals surface area contributed by atoms with E-state index in [1.165, 1.54) is 12.8 Å². The minimum absolute atomic E-state index is 0.182. The lowest BCUT2D eigenvalue weighted by Crippen LogP contribution is -2.41. The van der Waals surface area contributed by atoms with E-state index in [1.54, 1.807) is 0 Å². The molecule has 2 rings (SSSR count). The minimum Gasteiger partial charge on any atom is -0.306 e. The van der Waals surface area contributed by atoms with Gasteiger partial charge in [-0.1, -0.05) is 43.2 Å². The lowest BCUT2D eigenvalue weighted by Gasteiger charge is -2.35. The van der Waals surface area contributed by atoms with Crippen molar-refractivity contribution in [3.05, 3.63) is 35.9 Å². The first kappa shape index (κ1) is 12.3. The van der Waals surface area contributed by atoms with Gasteiger partial charge in [0.05, 0.1) is 0 Å². The fraction of sp³-hybridized carbons (Fsp3) is 0.533. The van der Waals surface area contributed by atoms with Crippen molar-refractivity contribution in [3.63, 3.8) is 0 Å². The molecule has 1 saturated carbocycles. The van der Waals surface area contributed by atoms with Gasteiger partial charge in [-0.15, -0.1) is 0 Å². The van der Waals surface area contributed by atoms with E-state index < -0.39 is 0 Å². The molecule has 0 amide bonds. The molecule has 0 heterocycles. The molecule has 0 radical (unpaired) electrons. The zero-order valence-corrected chi connectivity index (χ0v) is 10.7. The van der Waals surface area contributed by atoms with Gasteiger partial charge in [-0.2, -0.15) is 0 Å². The van der Waals surface area contributed by atoms with Crippen LogP contribution in [0.3, 0.4) is 0 Å². The van der Waals surface area contributed by atoms with Crippen LogP contribution in [-0.4, -0.2) is 30.8 Å². The third kappa shape index (κ3) is 2.75. The molecule has 1 aromatic rings. The Morgan fingerprint density at radius 3 is 2.41 bits per heavy atom. The molecule has 0 aliphatic heterocycles. The minimum atomic E-state index is 0.182. The number of hydrogen-bond acceptors (Lipinski definition) is 2. The molecule has 0 unspecified atom stereocenters. The van der Waals surface area contributed by atoms with Crippen LogP contribution in [0.15, 0.2) is 30.3 Å². The van der Waals surface area contributed by atoms with Crippen molar-refractivity contribution in [3.8, 4) is 0 Å². The van der Waals surface area contributed by atoms with Gasteiger partial charge in [0.1, 0.15) is 0 Å². The normalized spacial score (nSPS) is 24.9. The highest BCUT2D eigenvalue weighted by Gasteiger charge is 2.32. The summed E-state index contributed by atoms with van der Waals surface area (Å²) in [5.41, 5.74) is 0.867. The Kier molecular flexibility index (Phi) is 3.95. The van der Waals surface area contributed by atoms with E-state index in [-0.39, 0.29) is 5.92 Å². The van der Waals surface area contributed by atoms with Gasteiger partial charge in [0.2, 0.25) is 0 Å². The fourth-order valence-electron chi connectivity index (χ4n) is 2.85. The zero-order chi connectivity index (χ0) is 12.3. The van der Waals surface area contributed by atoms with Crippen LogP contribution in [0.5, 0.6) is 0 Å². The number of hydrogen-bond donors (Lipinski definition) is 0. The van der Waals surface area contributed by atoms with Crippen molar-refractivity contribution < 1.29 is 4.79 Å². The highest BCUT2D eigenvalue weighted by atomic mass is 16.1. The van der Waals surface area contributed by atoms with E-state index in [9.17, 15) is 4.79 Å². The van der Waals surface area contributed by atoms with Crippen molar-refractivity contribution >= 4 is 5.78 Å². The average Bonchev–Trinajstić information content (AvgIpc) is 2.39. The fourth-order valence-corrected chi connectivity index (χ4v) is 2.85. The molecule has 1 aliphatic carbocycles. The maximum atomic E-state index is 12.5. The largest absolute Gasteiger partial charge is 0.306 e. The van der Waals surface area contributed by atoms with Crippen molar-refractivity contribution in [2.24, 2.45) is 5.92 Å². The molecule has 2 heteroatoms. The summed E-state index contributed by atoms with van der Waals surface area (Å²) in [7, 11) is 4.17. The smallest absolute Gasteiger partial charge is 0.167 e. The van der Waals surface area contributed by atoms with Crippen LogP contribution in [0.25, 0.3) is 0 Å². The van der Waals surface area contributed by atoms with E-state index >= 15 is 0 Å². The van der Waals surface area contributed by atoms with Crippen molar-refractivity contribution in [2.75, 3.05) is 14.1 Å². The molecule has 0 spiro atoms. The molecule has 1 aliphatic rings. The summed E-state index contributed by atoms with van der Waals surface area (Å²) in [6.07, 6.45) is 4.63. The zero-order valence-electron chi connectivity index (χ0n) is 10.7. The standard InChI is InChI=1S/C15H21NO/c1-16(2)14-11-7-6-10-13(14)15(17)12-8-4-3-5-9-12/h3-5,8-9,13-14H,6-7,10-11H2,1-2H3/t13-,14-/m1/s1. The van der Waals surface area contributed by atoms with Gasteiger partial charge in [0.25, 0.3) is 0 Å². The highest BCUT2D eigenvalue weighted by molar-refractivity contribution is 5.98. The molecular weight excluding hydrogens is 210 g/mol. The number of benzene rings is 1. The summed E-state index contributed by atoms with van der Waals surface area (Å²) in [4.78, 5) is 14.7. The molecule has 1 fully saturated rings. The van der Waals surface area contributed by atoms with Gasteiger partial charge >= 0.3 is 0 Å². The summed E-state index contributed by atoms with van der Waals surface area (Å²) >= 11 is 0.